The molecule has 2 aliphatic carbocycles. The molecule has 0 saturated heterocycles. The zero-order chi connectivity index (χ0) is 15.7. The smallest absolute Gasteiger partial charge is 0.255 e. The van der Waals surface area contributed by atoms with E-state index in [1.165, 1.54) is 25.7 Å². The topological polar surface area (TPSA) is 47.6 Å². The molecule has 2 saturated carbocycles. The molecule has 4 nitrogen and oxygen atoms in total. The predicted molar refractivity (Wildman–Crippen MR) is 85.4 cm³/mol. The molecule has 1 aromatic carbocycles. The summed E-state index contributed by atoms with van der Waals surface area (Å²) in [5.74, 6) is 3.48. The number of methoxy groups -OCH3 is 2. The highest BCUT2D eigenvalue weighted by Gasteiger charge is 2.42. The molecular formula is C18H25NO3. The van der Waals surface area contributed by atoms with Gasteiger partial charge >= 0.3 is 0 Å². The van der Waals surface area contributed by atoms with Crippen LogP contribution in [0.2, 0.25) is 0 Å². The van der Waals surface area contributed by atoms with Crippen LogP contribution in [0.15, 0.2) is 18.2 Å². The van der Waals surface area contributed by atoms with Gasteiger partial charge in [0.2, 0.25) is 0 Å². The maximum atomic E-state index is 12.6. The van der Waals surface area contributed by atoms with Crippen LogP contribution in [-0.4, -0.2) is 26.2 Å². The summed E-state index contributed by atoms with van der Waals surface area (Å²) in [6, 6.07) is 5.52. The zero-order valence-corrected chi connectivity index (χ0v) is 13.6. The Hall–Kier alpha value is -1.71. The third-order valence-electron chi connectivity index (χ3n) is 5.45. The molecule has 0 aliphatic heterocycles. The van der Waals surface area contributed by atoms with E-state index < -0.39 is 0 Å². The van der Waals surface area contributed by atoms with Gasteiger partial charge in [0.05, 0.1) is 19.8 Å². The Balaban J connectivity index is 1.71. The Labute approximate surface area is 132 Å². The highest BCUT2D eigenvalue weighted by atomic mass is 16.5. The molecule has 2 bridgehead atoms. The Kier molecular flexibility index (Phi) is 4.27. The monoisotopic (exact) mass is 303 g/mol. The maximum Gasteiger partial charge on any atom is 0.255 e. The van der Waals surface area contributed by atoms with Crippen LogP contribution in [-0.2, 0) is 0 Å². The molecule has 4 unspecified atom stereocenters. The minimum Gasteiger partial charge on any atom is -0.497 e. The summed E-state index contributed by atoms with van der Waals surface area (Å²) in [4.78, 5) is 12.6. The molecule has 0 spiro atoms. The van der Waals surface area contributed by atoms with E-state index in [4.69, 9.17) is 9.47 Å². The lowest BCUT2D eigenvalue weighted by Crippen LogP contribution is -2.40. The van der Waals surface area contributed by atoms with Crippen LogP contribution in [0.25, 0.3) is 0 Å². The molecule has 2 aliphatic rings. The van der Waals surface area contributed by atoms with Gasteiger partial charge in [0.25, 0.3) is 5.91 Å². The number of ether oxygens (including phenoxy) is 2. The predicted octanol–water partition coefficient (Wildman–Crippen LogP) is 3.26. The van der Waals surface area contributed by atoms with Gasteiger partial charge in [0.1, 0.15) is 11.5 Å². The fourth-order valence-electron chi connectivity index (χ4n) is 4.29. The van der Waals surface area contributed by atoms with E-state index in [1.807, 2.05) is 0 Å². The second-order valence-corrected chi connectivity index (χ2v) is 6.67. The highest BCUT2D eigenvalue weighted by molar-refractivity contribution is 5.97. The van der Waals surface area contributed by atoms with Crippen LogP contribution in [0.5, 0.6) is 11.5 Å². The van der Waals surface area contributed by atoms with Crippen LogP contribution in [0.4, 0.5) is 0 Å². The molecule has 3 rings (SSSR count). The number of hydrogen-bond donors (Lipinski definition) is 1. The molecule has 1 aromatic rings. The minimum absolute atomic E-state index is 0.0778. The van der Waals surface area contributed by atoms with Crippen LogP contribution in [0.1, 0.15) is 43.0 Å². The first kappa shape index (κ1) is 15.2. The normalized spacial score (nSPS) is 27.5. The van der Waals surface area contributed by atoms with E-state index >= 15 is 0 Å². The number of benzene rings is 1. The number of amides is 1. The molecule has 0 aromatic heterocycles. The number of carbonyl (C=O) groups is 1. The first-order valence-electron chi connectivity index (χ1n) is 8.15. The average Bonchev–Trinajstić information content (AvgIpc) is 3.17. The minimum atomic E-state index is -0.0778. The van der Waals surface area contributed by atoms with Crippen LogP contribution in [0.3, 0.4) is 0 Å². The Morgan fingerprint density at radius 3 is 2.64 bits per heavy atom. The van der Waals surface area contributed by atoms with Gasteiger partial charge in [-0.25, -0.2) is 0 Å². The molecule has 0 heterocycles. The molecule has 1 N–H and O–H groups in total. The molecule has 4 atom stereocenters. The third kappa shape index (κ3) is 2.79. The van der Waals surface area contributed by atoms with Crippen molar-refractivity contribution in [3.05, 3.63) is 23.8 Å². The van der Waals surface area contributed by atoms with Crippen LogP contribution in [0, 0.1) is 17.8 Å². The quantitative estimate of drug-likeness (QED) is 0.908. The molecule has 4 heteroatoms. The van der Waals surface area contributed by atoms with E-state index in [1.54, 1.807) is 32.4 Å². The van der Waals surface area contributed by atoms with E-state index in [0.29, 0.717) is 23.0 Å². The van der Waals surface area contributed by atoms with Crippen molar-refractivity contribution >= 4 is 5.91 Å². The summed E-state index contributed by atoms with van der Waals surface area (Å²) < 4.78 is 10.5. The van der Waals surface area contributed by atoms with E-state index in [-0.39, 0.29) is 11.9 Å². The van der Waals surface area contributed by atoms with Crippen molar-refractivity contribution in [1.29, 1.82) is 0 Å². The van der Waals surface area contributed by atoms with Gasteiger partial charge in [-0.15, -0.1) is 0 Å². The van der Waals surface area contributed by atoms with Gasteiger partial charge in [-0.05, 0) is 62.1 Å². The first-order valence-corrected chi connectivity index (χ1v) is 8.15. The summed E-state index contributed by atoms with van der Waals surface area (Å²) in [6.45, 7) is 2.13. The fourth-order valence-corrected chi connectivity index (χ4v) is 4.29. The average molecular weight is 303 g/mol. The molecule has 120 valence electrons. The van der Waals surface area contributed by atoms with Crippen LogP contribution < -0.4 is 14.8 Å². The molecular weight excluding hydrogens is 278 g/mol. The van der Waals surface area contributed by atoms with Gasteiger partial charge in [-0.3, -0.25) is 4.79 Å². The van der Waals surface area contributed by atoms with Gasteiger partial charge < -0.3 is 14.8 Å². The zero-order valence-electron chi connectivity index (χ0n) is 13.6. The van der Waals surface area contributed by atoms with E-state index in [0.717, 1.165) is 11.8 Å². The summed E-state index contributed by atoms with van der Waals surface area (Å²) in [5, 5.41) is 3.17. The molecule has 0 radical (unpaired) electrons. The molecule has 22 heavy (non-hydrogen) atoms. The van der Waals surface area contributed by atoms with Crippen molar-refractivity contribution in [2.24, 2.45) is 17.8 Å². The Bertz CT molecular complexity index is 557. The van der Waals surface area contributed by atoms with E-state index in [9.17, 15) is 4.79 Å². The SMILES string of the molecule is COc1ccc(OC)c(C(=O)NC(C)C2CC3CCC2C3)c1. The first-order chi connectivity index (χ1) is 10.6. The maximum absolute atomic E-state index is 12.6. The fraction of sp³-hybridized carbons (Fsp3) is 0.611. The van der Waals surface area contributed by atoms with Crippen molar-refractivity contribution < 1.29 is 14.3 Å². The second kappa shape index (κ2) is 6.19. The lowest BCUT2D eigenvalue weighted by atomic mass is 9.84. The largest absolute Gasteiger partial charge is 0.497 e. The van der Waals surface area contributed by atoms with Crippen molar-refractivity contribution in [2.75, 3.05) is 14.2 Å². The lowest BCUT2D eigenvalue weighted by molar-refractivity contribution is 0.0912. The lowest BCUT2D eigenvalue weighted by Gasteiger charge is -2.28. The summed E-state index contributed by atoms with van der Waals surface area (Å²) in [5.41, 5.74) is 0.539. The van der Waals surface area contributed by atoms with Crippen molar-refractivity contribution in [1.82, 2.24) is 5.32 Å². The van der Waals surface area contributed by atoms with Crippen molar-refractivity contribution in [2.45, 2.75) is 38.6 Å². The Morgan fingerprint density at radius 2 is 2.05 bits per heavy atom. The number of nitrogens with one attached hydrogen (secondary N) is 1. The van der Waals surface area contributed by atoms with Crippen LogP contribution >= 0.6 is 0 Å². The summed E-state index contributed by atoms with van der Waals surface area (Å²) >= 11 is 0. The summed E-state index contributed by atoms with van der Waals surface area (Å²) in [7, 11) is 3.18. The summed E-state index contributed by atoms with van der Waals surface area (Å²) in [6.07, 6.45) is 5.33. The van der Waals surface area contributed by atoms with Gasteiger partial charge in [-0.1, -0.05) is 6.42 Å². The van der Waals surface area contributed by atoms with Crippen molar-refractivity contribution in [3.63, 3.8) is 0 Å². The van der Waals surface area contributed by atoms with Gasteiger partial charge in [0.15, 0.2) is 0 Å². The number of rotatable bonds is 5. The highest BCUT2D eigenvalue weighted by Crippen LogP contribution is 2.49. The third-order valence-corrected chi connectivity index (χ3v) is 5.45. The number of carbonyl (C=O) groups excluding carboxylic acids is 1. The Morgan fingerprint density at radius 1 is 1.23 bits per heavy atom. The molecule has 2 fully saturated rings. The van der Waals surface area contributed by atoms with Gasteiger partial charge in [-0.2, -0.15) is 0 Å². The molecule has 1 amide bonds. The van der Waals surface area contributed by atoms with E-state index in [2.05, 4.69) is 12.2 Å². The standard InChI is InChI=1S/C18H25NO3/c1-11(15-9-12-4-5-13(15)8-12)19-18(20)16-10-14(21-2)6-7-17(16)22-3/h6-7,10-13,15H,4-5,8-9H2,1-3H3,(H,19,20). The van der Waals surface area contributed by atoms with Crippen molar-refractivity contribution in [3.8, 4) is 11.5 Å². The number of fused-ring (bicyclic) bond motifs is 2. The van der Waals surface area contributed by atoms with Gasteiger partial charge in [0, 0.05) is 6.04 Å². The second-order valence-electron chi connectivity index (χ2n) is 6.67. The number of hydrogen-bond acceptors (Lipinski definition) is 3.